The molecule has 1 atom stereocenters. The van der Waals surface area contributed by atoms with Gasteiger partial charge >= 0.3 is 12.1 Å². The number of aliphatic carboxylic acids is 1. The first-order valence-electron chi connectivity index (χ1n) is 5.88. The van der Waals surface area contributed by atoms with Gasteiger partial charge in [-0.2, -0.15) is 13.2 Å². The third-order valence-corrected chi connectivity index (χ3v) is 3.01. The monoisotopic (exact) mass is 275 g/mol. The number of alkyl halides is 3. The first-order chi connectivity index (χ1) is 8.75. The molecule has 0 fully saturated rings. The van der Waals surface area contributed by atoms with Crippen LogP contribution in [0.15, 0.2) is 24.3 Å². The predicted octanol–water partition coefficient (Wildman–Crippen LogP) is 3.17. The van der Waals surface area contributed by atoms with E-state index in [0.717, 1.165) is 12.1 Å². The summed E-state index contributed by atoms with van der Waals surface area (Å²) in [6.07, 6.45) is -4.35. The van der Waals surface area contributed by atoms with Crippen molar-refractivity contribution in [2.45, 2.75) is 26.1 Å². The fraction of sp³-hybridized carbons (Fsp3) is 0.462. The highest BCUT2D eigenvalue weighted by Gasteiger charge is 2.30. The summed E-state index contributed by atoms with van der Waals surface area (Å²) >= 11 is 0. The highest BCUT2D eigenvalue weighted by Crippen LogP contribution is 2.30. The molecule has 6 heteroatoms. The van der Waals surface area contributed by atoms with Gasteiger partial charge in [-0.1, -0.05) is 19.1 Å². The van der Waals surface area contributed by atoms with E-state index < -0.39 is 17.7 Å². The third-order valence-electron chi connectivity index (χ3n) is 3.01. The van der Waals surface area contributed by atoms with Crippen molar-refractivity contribution in [3.63, 3.8) is 0 Å². The molecular formula is C13H16F3NO2. The maximum Gasteiger partial charge on any atom is 0.416 e. The summed E-state index contributed by atoms with van der Waals surface area (Å²) in [5, 5.41) is 8.77. The van der Waals surface area contributed by atoms with Gasteiger partial charge in [0.15, 0.2) is 0 Å². The Morgan fingerprint density at radius 2 is 1.84 bits per heavy atom. The standard InChI is InChI=1S/C13H16F3NO2/c1-3-17(8-12(18)19)9(2)10-4-6-11(7-5-10)13(14,15)16/h4-7,9H,3,8H2,1-2H3,(H,18,19). The number of likely N-dealkylation sites (N-methyl/N-ethyl adjacent to an activating group) is 1. The van der Waals surface area contributed by atoms with E-state index in [4.69, 9.17) is 5.11 Å². The topological polar surface area (TPSA) is 40.5 Å². The first kappa shape index (κ1) is 15.5. The van der Waals surface area contributed by atoms with Gasteiger partial charge in [-0.05, 0) is 31.2 Å². The lowest BCUT2D eigenvalue weighted by molar-refractivity contribution is -0.139. The number of halogens is 3. The molecule has 0 aromatic heterocycles. The molecule has 0 spiro atoms. The normalized spacial score (nSPS) is 13.6. The van der Waals surface area contributed by atoms with Crippen LogP contribution in [0.5, 0.6) is 0 Å². The number of hydrogen-bond acceptors (Lipinski definition) is 2. The van der Waals surface area contributed by atoms with Crippen LogP contribution >= 0.6 is 0 Å². The molecule has 1 rings (SSSR count). The molecule has 0 aliphatic carbocycles. The fourth-order valence-corrected chi connectivity index (χ4v) is 1.86. The zero-order valence-electron chi connectivity index (χ0n) is 10.7. The highest BCUT2D eigenvalue weighted by molar-refractivity contribution is 5.69. The second kappa shape index (κ2) is 6.06. The van der Waals surface area contributed by atoms with Crippen LogP contribution in [0.2, 0.25) is 0 Å². The van der Waals surface area contributed by atoms with Crippen molar-refractivity contribution in [2.75, 3.05) is 13.1 Å². The Morgan fingerprint density at radius 3 is 2.21 bits per heavy atom. The number of nitrogens with zero attached hydrogens (tertiary/aromatic N) is 1. The van der Waals surface area contributed by atoms with Gasteiger partial charge < -0.3 is 5.11 Å². The number of carbonyl (C=O) groups is 1. The van der Waals surface area contributed by atoms with Gasteiger partial charge in [0.1, 0.15) is 0 Å². The van der Waals surface area contributed by atoms with Crippen molar-refractivity contribution < 1.29 is 23.1 Å². The average molecular weight is 275 g/mol. The first-order valence-corrected chi connectivity index (χ1v) is 5.88. The van der Waals surface area contributed by atoms with Crippen LogP contribution < -0.4 is 0 Å². The molecule has 0 bridgehead atoms. The molecule has 1 aromatic carbocycles. The van der Waals surface area contributed by atoms with E-state index in [1.807, 2.05) is 6.92 Å². The van der Waals surface area contributed by atoms with Crippen LogP contribution in [0.3, 0.4) is 0 Å². The molecular weight excluding hydrogens is 259 g/mol. The second-order valence-corrected chi connectivity index (χ2v) is 4.25. The molecule has 106 valence electrons. The van der Waals surface area contributed by atoms with Gasteiger partial charge in [-0.15, -0.1) is 0 Å². The van der Waals surface area contributed by atoms with Gasteiger partial charge in [0.25, 0.3) is 0 Å². The smallest absolute Gasteiger partial charge is 0.416 e. The number of hydrogen-bond donors (Lipinski definition) is 1. The molecule has 0 aliphatic heterocycles. The van der Waals surface area contributed by atoms with E-state index in [1.165, 1.54) is 12.1 Å². The summed E-state index contributed by atoms with van der Waals surface area (Å²) in [6.45, 7) is 3.95. The van der Waals surface area contributed by atoms with Crippen LogP contribution in [-0.4, -0.2) is 29.1 Å². The van der Waals surface area contributed by atoms with Crippen molar-refractivity contribution in [1.29, 1.82) is 0 Å². The van der Waals surface area contributed by atoms with E-state index >= 15 is 0 Å². The van der Waals surface area contributed by atoms with Crippen LogP contribution in [0, 0.1) is 0 Å². The zero-order valence-corrected chi connectivity index (χ0v) is 10.7. The molecule has 1 aromatic rings. The minimum absolute atomic E-state index is 0.140. The Bertz CT molecular complexity index is 429. The lowest BCUT2D eigenvalue weighted by Gasteiger charge is -2.26. The lowest BCUT2D eigenvalue weighted by atomic mass is 10.0. The van der Waals surface area contributed by atoms with Crippen molar-refractivity contribution >= 4 is 5.97 Å². The van der Waals surface area contributed by atoms with Crippen LogP contribution in [0.1, 0.15) is 31.0 Å². The average Bonchev–Trinajstić information content (AvgIpc) is 2.34. The Balaban J connectivity index is 2.87. The number of carboxylic acids is 1. The molecule has 0 radical (unpaired) electrons. The van der Waals surface area contributed by atoms with Crippen molar-refractivity contribution in [3.8, 4) is 0 Å². The summed E-state index contributed by atoms with van der Waals surface area (Å²) < 4.78 is 37.3. The van der Waals surface area contributed by atoms with Gasteiger partial charge in [0.05, 0.1) is 12.1 Å². The summed E-state index contributed by atoms with van der Waals surface area (Å²) in [5.74, 6) is -0.958. The molecule has 1 N–H and O–H groups in total. The van der Waals surface area contributed by atoms with E-state index in [0.29, 0.717) is 12.1 Å². The Labute approximate surface area is 109 Å². The molecule has 0 saturated heterocycles. The molecule has 1 unspecified atom stereocenters. The fourth-order valence-electron chi connectivity index (χ4n) is 1.86. The Hall–Kier alpha value is -1.56. The third kappa shape index (κ3) is 4.24. The minimum Gasteiger partial charge on any atom is -0.480 e. The van der Waals surface area contributed by atoms with Crippen molar-refractivity contribution in [2.24, 2.45) is 0 Å². The molecule has 3 nitrogen and oxygen atoms in total. The van der Waals surface area contributed by atoms with Crippen molar-refractivity contribution in [1.82, 2.24) is 4.90 Å². The zero-order chi connectivity index (χ0) is 14.6. The summed E-state index contributed by atoms with van der Waals surface area (Å²) in [5.41, 5.74) is -0.0409. The predicted molar refractivity (Wildman–Crippen MR) is 64.7 cm³/mol. The summed E-state index contributed by atoms with van der Waals surface area (Å²) in [4.78, 5) is 12.4. The SMILES string of the molecule is CCN(CC(=O)O)C(C)c1ccc(C(F)(F)F)cc1. The number of rotatable bonds is 5. The molecule has 19 heavy (non-hydrogen) atoms. The van der Waals surface area contributed by atoms with Gasteiger partial charge in [0.2, 0.25) is 0 Å². The van der Waals surface area contributed by atoms with E-state index in [9.17, 15) is 18.0 Å². The Kier molecular flexibility index (Phi) is 4.94. The molecule has 0 heterocycles. The highest BCUT2D eigenvalue weighted by atomic mass is 19.4. The largest absolute Gasteiger partial charge is 0.480 e. The van der Waals surface area contributed by atoms with E-state index in [1.54, 1.807) is 11.8 Å². The van der Waals surface area contributed by atoms with Crippen LogP contribution in [0.25, 0.3) is 0 Å². The van der Waals surface area contributed by atoms with Crippen molar-refractivity contribution in [3.05, 3.63) is 35.4 Å². The molecule has 0 amide bonds. The van der Waals surface area contributed by atoms with E-state index in [-0.39, 0.29) is 12.6 Å². The minimum atomic E-state index is -4.35. The van der Waals surface area contributed by atoms with Gasteiger partial charge in [-0.3, -0.25) is 9.69 Å². The number of benzene rings is 1. The Morgan fingerprint density at radius 1 is 1.32 bits per heavy atom. The molecule has 0 saturated carbocycles. The maximum atomic E-state index is 12.4. The van der Waals surface area contributed by atoms with Gasteiger partial charge in [0, 0.05) is 6.04 Å². The maximum absolute atomic E-state index is 12.4. The summed E-state index contributed by atoms with van der Waals surface area (Å²) in [6, 6.07) is 4.56. The second-order valence-electron chi connectivity index (χ2n) is 4.25. The van der Waals surface area contributed by atoms with Gasteiger partial charge in [-0.25, -0.2) is 0 Å². The molecule has 0 aliphatic rings. The van der Waals surface area contributed by atoms with Crippen LogP contribution in [-0.2, 0) is 11.0 Å². The number of carboxylic acid groups (broad SMARTS) is 1. The quantitative estimate of drug-likeness (QED) is 0.897. The lowest BCUT2D eigenvalue weighted by Crippen LogP contribution is -2.32. The van der Waals surface area contributed by atoms with Crippen LogP contribution in [0.4, 0.5) is 13.2 Å². The summed E-state index contributed by atoms with van der Waals surface area (Å²) in [7, 11) is 0. The van der Waals surface area contributed by atoms with E-state index in [2.05, 4.69) is 0 Å².